The number of para-hydroxylation sites is 1. The smallest absolute Gasteiger partial charge is 0.345 e. The van der Waals surface area contributed by atoms with Crippen molar-refractivity contribution in [3.05, 3.63) is 123 Å². The van der Waals surface area contributed by atoms with E-state index in [-0.39, 0.29) is 11.7 Å². The minimum absolute atomic E-state index is 0.0499. The summed E-state index contributed by atoms with van der Waals surface area (Å²) >= 11 is 3.42. The molecule has 0 amide bonds. The molecule has 4 heterocycles. The van der Waals surface area contributed by atoms with Crippen LogP contribution in [0.1, 0.15) is 28.3 Å². The molecule has 4 aromatic rings. The fourth-order valence-corrected chi connectivity index (χ4v) is 6.98. The van der Waals surface area contributed by atoms with Crippen molar-refractivity contribution in [1.82, 2.24) is 4.90 Å². The van der Waals surface area contributed by atoms with Crippen LogP contribution in [0, 0.1) is 6.92 Å². The average molecular weight is 493 g/mol. The SMILES string of the molecule is Cc1ccc(C2C3=C(N=C4SC=C(c5cc6ccccc6oc5=O)N42)c2ccccc2SC3)cc1. The van der Waals surface area contributed by atoms with Crippen LogP contribution in [0.2, 0.25) is 0 Å². The van der Waals surface area contributed by atoms with Crippen LogP contribution >= 0.6 is 23.5 Å². The highest BCUT2D eigenvalue weighted by Crippen LogP contribution is 2.52. The summed E-state index contributed by atoms with van der Waals surface area (Å²) in [6.07, 6.45) is 0. The van der Waals surface area contributed by atoms with E-state index < -0.39 is 0 Å². The van der Waals surface area contributed by atoms with Crippen molar-refractivity contribution in [2.24, 2.45) is 4.99 Å². The molecule has 6 heteroatoms. The topological polar surface area (TPSA) is 45.8 Å². The van der Waals surface area contributed by atoms with Gasteiger partial charge in [-0.25, -0.2) is 9.79 Å². The van der Waals surface area contributed by atoms with E-state index in [0.717, 1.165) is 27.7 Å². The van der Waals surface area contributed by atoms with Gasteiger partial charge in [0.05, 0.1) is 23.0 Å². The van der Waals surface area contributed by atoms with Gasteiger partial charge in [0, 0.05) is 27.0 Å². The first-order valence-corrected chi connectivity index (χ1v) is 13.3. The van der Waals surface area contributed by atoms with Crippen LogP contribution < -0.4 is 5.63 Å². The first-order chi connectivity index (χ1) is 17.2. The number of amidine groups is 1. The molecule has 170 valence electrons. The lowest BCUT2D eigenvalue weighted by Gasteiger charge is -2.39. The van der Waals surface area contributed by atoms with Crippen LogP contribution in [0.15, 0.2) is 109 Å². The number of thioether (sulfide) groups is 2. The molecule has 0 spiro atoms. The number of fused-ring (bicyclic) bond motifs is 4. The highest BCUT2D eigenvalue weighted by molar-refractivity contribution is 8.16. The molecule has 4 nitrogen and oxygen atoms in total. The van der Waals surface area contributed by atoms with Gasteiger partial charge in [0.15, 0.2) is 5.17 Å². The molecular formula is C29H20N2O2S2. The quantitative estimate of drug-likeness (QED) is 0.280. The largest absolute Gasteiger partial charge is 0.422 e. The number of nitrogens with zero attached hydrogens (tertiary/aromatic N) is 2. The highest BCUT2D eigenvalue weighted by atomic mass is 32.2. The maximum absolute atomic E-state index is 13.1. The number of aliphatic imine (C=N–C) groups is 1. The molecule has 0 fully saturated rings. The maximum atomic E-state index is 13.1. The molecule has 0 radical (unpaired) electrons. The summed E-state index contributed by atoms with van der Waals surface area (Å²) in [6, 6.07) is 26.7. The second-order valence-corrected chi connectivity index (χ2v) is 10.7. The van der Waals surface area contributed by atoms with E-state index in [1.165, 1.54) is 27.2 Å². The minimum atomic E-state index is -0.331. The Balaban J connectivity index is 1.43. The van der Waals surface area contributed by atoms with Gasteiger partial charge < -0.3 is 9.32 Å². The van der Waals surface area contributed by atoms with Gasteiger partial charge in [-0.15, -0.1) is 11.8 Å². The van der Waals surface area contributed by atoms with E-state index in [2.05, 4.69) is 60.4 Å². The van der Waals surface area contributed by atoms with Crippen LogP contribution in [0.5, 0.6) is 0 Å². The van der Waals surface area contributed by atoms with Gasteiger partial charge in [0.1, 0.15) is 5.58 Å². The Labute approximate surface area is 211 Å². The normalized spacial score (nSPS) is 18.7. The Hall–Kier alpha value is -3.48. The van der Waals surface area contributed by atoms with E-state index in [4.69, 9.17) is 9.41 Å². The van der Waals surface area contributed by atoms with Crippen molar-refractivity contribution >= 4 is 51.1 Å². The van der Waals surface area contributed by atoms with Crippen molar-refractivity contribution < 1.29 is 4.42 Å². The minimum Gasteiger partial charge on any atom is -0.422 e. The van der Waals surface area contributed by atoms with E-state index in [1.807, 2.05) is 47.5 Å². The van der Waals surface area contributed by atoms with E-state index in [1.54, 1.807) is 11.8 Å². The van der Waals surface area contributed by atoms with E-state index >= 15 is 0 Å². The maximum Gasteiger partial charge on any atom is 0.345 e. The van der Waals surface area contributed by atoms with Crippen LogP contribution in [0.25, 0.3) is 22.4 Å². The van der Waals surface area contributed by atoms with Gasteiger partial charge in [-0.05, 0) is 36.3 Å². The highest BCUT2D eigenvalue weighted by Gasteiger charge is 2.41. The van der Waals surface area contributed by atoms with Gasteiger partial charge in [-0.3, -0.25) is 0 Å². The Morgan fingerprint density at radius 1 is 0.971 bits per heavy atom. The van der Waals surface area contributed by atoms with Crippen molar-refractivity contribution in [1.29, 1.82) is 0 Å². The summed E-state index contributed by atoms with van der Waals surface area (Å²) < 4.78 is 5.71. The number of rotatable bonds is 2. The Kier molecular flexibility index (Phi) is 4.79. The van der Waals surface area contributed by atoms with Gasteiger partial charge in [-0.1, -0.05) is 78.0 Å². The monoisotopic (exact) mass is 492 g/mol. The van der Waals surface area contributed by atoms with Gasteiger partial charge >= 0.3 is 5.63 Å². The van der Waals surface area contributed by atoms with E-state index in [9.17, 15) is 4.79 Å². The standard InChI is InChI=1S/C29H20N2O2S2/c1-17-10-12-18(13-11-17)27-22-15-34-25-9-5-3-7-20(25)26(22)30-29-31(27)23(16-35-29)21-14-19-6-2-4-8-24(19)33-28(21)32/h2-14,16,27H,15H2,1H3. The Morgan fingerprint density at radius 3 is 2.66 bits per heavy atom. The third-order valence-electron chi connectivity index (χ3n) is 6.68. The molecule has 3 aliphatic heterocycles. The van der Waals surface area contributed by atoms with Crippen LogP contribution in [-0.4, -0.2) is 15.8 Å². The third kappa shape index (κ3) is 3.32. The molecule has 0 N–H and O–H groups in total. The molecule has 0 bridgehead atoms. The predicted molar refractivity (Wildman–Crippen MR) is 145 cm³/mol. The van der Waals surface area contributed by atoms with Crippen LogP contribution in [0.3, 0.4) is 0 Å². The summed E-state index contributed by atoms with van der Waals surface area (Å²) in [5.74, 6) is 0.850. The van der Waals surface area contributed by atoms with Gasteiger partial charge in [0.2, 0.25) is 0 Å². The fourth-order valence-electron chi connectivity index (χ4n) is 4.96. The summed E-state index contributed by atoms with van der Waals surface area (Å²) in [5, 5.41) is 3.83. The lowest BCUT2D eigenvalue weighted by Crippen LogP contribution is -2.35. The van der Waals surface area contributed by atoms with Crippen molar-refractivity contribution in [3.63, 3.8) is 0 Å². The second kappa shape index (κ2) is 8.04. The Bertz CT molecular complexity index is 1660. The molecule has 0 aliphatic carbocycles. The molecule has 1 aromatic heterocycles. The first-order valence-electron chi connectivity index (χ1n) is 11.5. The molecule has 1 atom stereocenters. The number of hydrogen-bond acceptors (Lipinski definition) is 6. The summed E-state index contributed by atoms with van der Waals surface area (Å²) in [5.41, 5.74) is 7.58. The lowest BCUT2D eigenvalue weighted by molar-refractivity contribution is 0.484. The van der Waals surface area contributed by atoms with E-state index in [0.29, 0.717) is 11.1 Å². The zero-order chi connectivity index (χ0) is 23.5. The molecule has 0 saturated heterocycles. The first kappa shape index (κ1) is 20.9. The molecule has 1 unspecified atom stereocenters. The third-order valence-corrected chi connectivity index (χ3v) is 8.64. The molecule has 35 heavy (non-hydrogen) atoms. The summed E-state index contributed by atoms with van der Waals surface area (Å²) in [7, 11) is 0. The van der Waals surface area contributed by atoms with Gasteiger partial charge in [-0.2, -0.15) is 0 Å². The average Bonchev–Trinajstić information content (AvgIpc) is 3.31. The van der Waals surface area contributed by atoms with Crippen molar-refractivity contribution in [3.8, 4) is 0 Å². The van der Waals surface area contributed by atoms with Crippen molar-refractivity contribution in [2.45, 2.75) is 17.9 Å². The zero-order valence-electron chi connectivity index (χ0n) is 18.9. The lowest BCUT2D eigenvalue weighted by atomic mass is 9.91. The molecule has 3 aromatic carbocycles. The van der Waals surface area contributed by atoms with Crippen LogP contribution in [-0.2, 0) is 0 Å². The number of benzene rings is 3. The Morgan fingerprint density at radius 2 is 1.77 bits per heavy atom. The summed E-state index contributed by atoms with van der Waals surface area (Å²) in [4.78, 5) is 21.8. The summed E-state index contributed by atoms with van der Waals surface area (Å²) in [6.45, 7) is 2.10. The number of aryl methyl sites for hydroxylation is 1. The second-order valence-electron chi connectivity index (χ2n) is 8.84. The predicted octanol–water partition coefficient (Wildman–Crippen LogP) is 7.08. The number of hydrogen-bond donors (Lipinski definition) is 0. The molecule has 7 rings (SSSR count). The molecular weight excluding hydrogens is 472 g/mol. The molecule has 3 aliphatic rings. The van der Waals surface area contributed by atoms with Gasteiger partial charge in [0.25, 0.3) is 0 Å². The zero-order valence-corrected chi connectivity index (χ0v) is 20.5. The van der Waals surface area contributed by atoms with Crippen molar-refractivity contribution in [2.75, 3.05) is 5.75 Å². The molecule has 0 saturated carbocycles. The van der Waals surface area contributed by atoms with Crippen LogP contribution in [0.4, 0.5) is 0 Å². The fraction of sp³-hybridized carbons (Fsp3) is 0.103.